The molecule has 0 bridgehead atoms. The van der Waals surface area contributed by atoms with Crippen LogP contribution in [0.15, 0.2) is 24.3 Å². The molecule has 0 aromatic heterocycles. The molecule has 0 radical (unpaired) electrons. The smallest absolute Gasteiger partial charge is 0.405 e. The van der Waals surface area contributed by atoms with Crippen LogP contribution in [0.25, 0.3) is 0 Å². The van der Waals surface area contributed by atoms with E-state index in [0.717, 1.165) is 12.8 Å². The number of rotatable bonds is 4. The van der Waals surface area contributed by atoms with Crippen molar-refractivity contribution in [3.05, 3.63) is 29.8 Å². The number of hydrogen-bond acceptors (Lipinski definition) is 3. The number of aliphatic hydroxyl groups is 1. The van der Waals surface area contributed by atoms with Gasteiger partial charge in [0.2, 0.25) is 0 Å². The number of ether oxygens (including phenoxy) is 1. The third kappa shape index (κ3) is 3.14. The lowest BCUT2D eigenvalue weighted by molar-refractivity contribution is -0.275. The molecule has 0 heterocycles. The van der Waals surface area contributed by atoms with Crippen molar-refractivity contribution in [1.29, 1.82) is 0 Å². The molecule has 0 unspecified atom stereocenters. The third-order valence-corrected chi connectivity index (χ3v) is 2.98. The number of benzene rings is 1. The molecule has 1 aromatic rings. The van der Waals surface area contributed by atoms with Gasteiger partial charge in [-0.05, 0) is 24.8 Å². The van der Waals surface area contributed by atoms with E-state index in [1.807, 2.05) is 0 Å². The number of aliphatic hydroxyl groups excluding tert-OH is 1. The molecule has 1 fully saturated rings. The fraction of sp³-hybridized carbons (Fsp3) is 0.500. The van der Waals surface area contributed by atoms with Gasteiger partial charge in [-0.15, -0.1) is 13.2 Å². The molecule has 6 heteroatoms. The van der Waals surface area contributed by atoms with E-state index >= 15 is 0 Å². The Morgan fingerprint density at radius 2 is 1.89 bits per heavy atom. The summed E-state index contributed by atoms with van der Waals surface area (Å²) in [6.45, 7) is 0. The molecule has 0 saturated heterocycles. The van der Waals surface area contributed by atoms with Crippen LogP contribution in [-0.2, 0) is 0 Å². The molecular formula is C12H14F3NO2. The highest BCUT2D eigenvalue weighted by molar-refractivity contribution is 5.36. The number of alkyl halides is 3. The van der Waals surface area contributed by atoms with Crippen molar-refractivity contribution >= 4 is 0 Å². The van der Waals surface area contributed by atoms with Crippen LogP contribution in [0.1, 0.15) is 24.4 Å². The molecule has 18 heavy (non-hydrogen) atoms. The SMILES string of the molecule is N[C@H](c1ccccc1OC(F)(F)F)[C@@H](O)C1CC1. The molecule has 3 nitrogen and oxygen atoms in total. The zero-order chi connectivity index (χ0) is 13.3. The van der Waals surface area contributed by atoms with Crippen LogP contribution in [0.3, 0.4) is 0 Å². The minimum atomic E-state index is -4.76. The summed E-state index contributed by atoms with van der Waals surface area (Å²) in [6.07, 6.45) is -3.88. The van der Waals surface area contributed by atoms with Crippen LogP contribution in [0, 0.1) is 5.92 Å². The van der Waals surface area contributed by atoms with E-state index in [1.165, 1.54) is 18.2 Å². The summed E-state index contributed by atoms with van der Waals surface area (Å²) in [4.78, 5) is 0. The van der Waals surface area contributed by atoms with Crippen LogP contribution in [-0.4, -0.2) is 17.6 Å². The predicted octanol–water partition coefficient (Wildman–Crippen LogP) is 2.36. The Labute approximate surface area is 102 Å². The molecule has 1 aliphatic rings. The minimum Gasteiger partial charge on any atom is -0.405 e. The zero-order valence-corrected chi connectivity index (χ0v) is 9.52. The van der Waals surface area contributed by atoms with Crippen molar-refractivity contribution in [3.8, 4) is 5.75 Å². The number of para-hydroxylation sites is 1. The van der Waals surface area contributed by atoms with E-state index in [4.69, 9.17) is 5.73 Å². The molecular weight excluding hydrogens is 247 g/mol. The maximum Gasteiger partial charge on any atom is 0.573 e. The van der Waals surface area contributed by atoms with Gasteiger partial charge in [-0.2, -0.15) is 0 Å². The van der Waals surface area contributed by atoms with Gasteiger partial charge in [-0.25, -0.2) is 0 Å². The second-order valence-electron chi connectivity index (χ2n) is 4.44. The van der Waals surface area contributed by atoms with E-state index in [-0.39, 0.29) is 17.2 Å². The fourth-order valence-electron chi connectivity index (χ4n) is 1.89. The molecule has 0 amide bonds. The molecule has 1 saturated carbocycles. The zero-order valence-electron chi connectivity index (χ0n) is 9.52. The fourth-order valence-corrected chi connectivity index (χ4v) is 1.89. The van der Waals surface area contributed by atoms with E-state index in [9.17, 15) is 18.3 Å². The van der Waals surface area contributed by atoms with Crippen molar-refractivity contribution in [2.45, 2.75) is 31.3 Å². The van der Waals surface area contributed by atoms with Crippen molar-refractivity contribution < 1.29 is 23.0 Å². The normalized spacial score (nSPS) is 19.4. The maximum absolute atomic E-state index is 12.2. The number of nitrogens with two attached hydrogens (primary N) is 1. The first-order chi connectivity index (χ1) is 8.38. The summed E-state index contributed by atoms with van der Waals surface area (Å²) in [5, 5.41) is 9.87. The minimum absolute atomic E-state index is 0.0824. The molecule has 3 N–H and O–H groups in total. The second-order valence-corrected chi connectivity index (χ2v) is 4.44. The molecule has 0 aliphatic heterocycles. The van der Waals surface area contributed by atoms with Gasteiger partial charge in [0.05, 0.1) is 12.1 Å². The van der Waals surface area contributed by atoms with Gasteiger partial charge in [-0.3, -0.25) is 0 Å². The van der Waals surface area contributed by atoms with Gasteiger partial charge in [-0.1, -0.05) is 18.2 Å². The number of hydrogen-bond donors (Lipinski definition) is 2. The predicted molar refractivity (Wildman–Crippen MR) is 58.8 cm³/mol. The highest BCUT2D eigenvalue weighted by atomic mass is 19.4. The average Bonchev–Trinajstić information content (AvgIpc) is 3.09. The highest BCUT2D eigenvalue weighted by Gasteiger charge is 2.37. The summed E-state index contributed by atoms with van der Waals surface area (Å²) in [5.41, 5.74) is 5.98. The Morgan fingerprint density at radius 3 is 2.44 bits per heavy atom. The van der Waals surface area contributed by atoms with Gasteiger partial charge in [0.25, 0.3) is 0 Å². The first-order valence-electron chi connectivity index (χ1n) is 5.67. The van der Waals surface area contributed by atoms with Crippen molar-refractivity contribution in [1.82, 2.24) is 0 Å². The standard InChI is InChI=1S/C12H14F3NO2/c13-12(14,15)18-9-4-2-1-3-8(9)10(16)11(17)7-5-6-7/h1-4,7,10-11,17H,5-6,16H2/t10-,11+/m1/s1. The largest absolute Gasteiger partial charge is 0.573 e. The van der Waals surface area contributed by atoms with Crippen molar-refractivity contribution in [2.75, 3.05) is 0 Å². The first kappa shape index (κ1) is 13.2. The molecule has 0 spiro atoms. The lowest BCUT2D eigenvalue weighted by Crippen LogP contribution is -2.29. The molecule has 2 atom stereocenters. The summed E-state index contributed by atoms with van der Waals surface area (Å²) in [6, 6.07) is 4.77. The van der Waals surface area contributed by atoms with E-state index in [0.29, 0.717) is 0 Å². The maximum atomic E-state index is 12.2. The molecule has 100 valence electrons. The lowest BCUT2D eigenvalue weighted by atomic mass is 9.98. The van der Waals surface area contributed by atoms with Gasteiger partial charge < -0.3 is 15.6 Å². The Kier molecular flexibility index (Phi) is 3.49. The van der Waals surface area contributed by atoms with Gasteiger partial charge >= 0.3 is 6.36 Å². The van der Waals surface area contributed by atoms with Crippen molar-refractivity contribution in [3.63, 3.8) is 0 Å². The Morgan fingerprint density at radius 1 is 1.28 bits per heavy atom. The Balaban J connectivity index is 2.20. The second kappa shape index (κ2) is 4.78. The first-order valence-corrected chi connectivity index (χ1v) is 5.67. The Hall–Kier alpha value is -1.27. The van der Waals surface area contributed by atoms with E-state index < -0.39 is 18.5 Å². The summed E-state index contributed by atoms with van der Waals surface area (Å²) < 4.78 is 40.6. The summed E-state index contributed by atoms with van der Waals surface area (Å²) in [5.74, 6) is -0.267. The van der Waals surface area contributed by atoms with Crippen LogP contribution < -0.4 is 10.5 Å². The Bertz CT molecular complexity index is 418. The van der Waals surface area contributed by atoms with Crippen LogP contribution in [0.5, 0.6) is 5.75 Å². The topological polar surface area (TPSA) is 55.5 Å². The quantitative estimate of drug-likeness (QED) is 0.874. The van der Waals surface area contributed by atoms with Gasteiger partial charge in [0, 0.05) is 5.56 Å². The van der Waals surface area contributed by atoms with Crippen LogP contribution in [0.4, 0.5) is 13.2 Å². The molecule has 1 aromatic carbocycles. The van der Waals surface area contributed by atoms with Gasteiger partial charge in [0.15, 0.2) is 0 Å². The monoisotopic (exact) mass is 261 g/mol. The highest BCUT2D eigenvalue weighted by Crippen LogP contribution is 2.39. The third-order valence-electron chi connectivity index (χ3n) is 2.98. The number of halogens is 3. The van der Waals surface area contributed by atoms with Crippen LogP contribution >= 0.6 is 0 Å². The molecule has 1 aliphatic carbocycles. The van der Waals surface area contributed by atoms with Gasteiger partial charge in [0.1, 0.15) is 5.75 Å². The lowest BCUT2D eigenvalue weighted by Gasteiger charge is -2.22. The average molecular weight is 261 g/mol. The van der Waals surface area contributed by atoms with Crippen molar-refractivity contribution in [2.24, 2.45) is 11.7 Å². The van der Waals surface area contributed by atoms with Crippen LogP contribution in [0.2, 0.25) is 0 Å². The molecule has 2 rings (SSSR count). The summed E-state index contributed by atoms with van der Waals surface area (Å²) in [7, 11) is 0. The summed E-state index contributed by atoms with van der Waals surface area (Å²) >= 11 is 0. The van der Waals surface area contributed by atoms with E-state index in [2.05, 4.69) is 4.74 Å². The van der Waals surface area contributed by atoms with E-state index in [1.54, 1.807) is 6.07 Å².